The molecule has 98 valence electrons. The number of rotatable bonds is 3. The fraction of sp³-hybridized carbons (Fsp3) is 0.0714. The number of nitrogens with two attached hydrogens (primary N) is 1. The second kappa shape index (κ2) is 4.78. The molecule has 0 aliphatic rings. The van der Waals surface area contributed by atoms with Crippen molar-refractivity contribution in [3.63, 3.8) is 0 Å². The van der Waals surface area contributed by atoms with Gasteiger partial charge in [-0.15, -0.1) is 0 Å². The van der Waals surface area contributed by atoms with E-state index in [0.29, 0.717) is 0 Å². The number of carbonyl (C=O) groups is 1. The molecule has 5 heteroatoms. The topological polar surface area (TPSA) is 63.3 Å². The van der Waals surface area contributed by atoms with Crippen molar-refractivity contribution >= 4 is 5.91 Å². The van der Waals surface area contributed by atoms with Gasteiger partial charge in [0.2, 0.25) is 0 Å². The van der Waals surface area contributed by atoms with Gasteiger partial charge in [0.05, 0.1) is 0 Å². The maximum absolute atomic E-state index is 13.8. The van der Waals surface area contributed by atoms with Crippen LogP contribution >= 0.6 is 0 Å². The van der Waals surface area contributed by atoms with E-state index in [1.54, 1.807) is 18.2 Å². The lowest BCUT2D eigenvalue weighted by Crippen LogP contribution is -2.43. The summed E-state index contributed by atoms with van der Waals surface area (Å²) in [5, 5.41) is 10.5. The maximum atomic E-state index is 13.8. The Balaban J connectivity index is 2.71. The summed E-state index contributed by atoms with van der Waals surface area (Å²) in [6, 6.07) is 10.8. The number of carbonyl (C=O) groups excluding carboxylic acids is 1. The second-order valence-corrected chi connectivity index (χ2v) is 4.04. The molecule has 1 unspecified atom stereocenters. The van der Waals surface area contributed by atoms with Crippen molar-refractivity contribution in [3.8, 4) is 0 Å². The minimum Gasteiger partial charge on any atom is -0.372 e. The summed E-state index contributed by atoms with van der Waals surface area (Å²) >= 11 is 0. The molecular formula is C14H11F2NO2. The molecule has 0 aliphatic heterocycles. The molecule has 0 fully saturated rings. The van der Waals surface area contributed by atoms with Gasteiger partial charge in [-0.2, -0.15) is 0 Å². The van der Waals surface area contributed by atoms with Gasteiger partial charge in [-0.1, -0.05) is 42.5 Å². The fourth-order valence-corrected chi connectivity index (χ4v) is 1.89. The maximum Gasteiger partial charge on any atom is 0.258 e. The van der Waals surface area contributed by atoms with Crippen LogP contribution in [-0.2, 0) is 10.4 Å². The van der Waals surface area contributed by atoms with Crippen molar-refractivity contribution in [1.29, 1.82) is 0 Å². The highest BCUT2D eigenvalue weighted by atomic mass is 19.2. The summed E-state index contributed by atoms with van der Waals surface area (Å²) in [5.41, 5.74) is 2.33. The predicted molar refractivity (Wildman–Crippen MR) is 65.0 cm³/mol. The van der Waals surface area contributed by atoms with E-state index in [2.05, 4.69) is 0 Å². The molecule has 0 aromatic heterocycles. The molecule has 2 aromatic carbocycles. The molecule has 0 radical (unpaired) electrons. The molecule has 0 saturated heterocycles. The van der Waals surface area contributed by atoms with Crippen LogP contribution in [0.4, 0.5) is 8.78 Å². The van der Waals surface area contributed by atoms with E-state index in [1.165, 1.54) is 18.2 Å². The fourth-order valence-electron chi connectivity index (χ4n) is 1.89. The first kappa shape index (κ1) is 13.2. The van der Waals surface area contributed by atoms with Crippen molar-refractivity contribution in [2.75, 3.05) is 0 Å². The summed E-state index contributed by atoms with van der Waals surface area (Å²) in [5.74, 6) is -3.64. The van der Waals surface area contributed by atoms with E-state index in [1.807, 2.05) is 0 Å². The van der Waals surface area contributed by atoms with Crippen LogP contribution < -0.4 is 5.73 Å². The summed E-state index contributed by atoms with van der Waals surface area (Å²) in [4.78, 5) is 11.6. The van der Waals surface area contributed by atoms with Crippen molar-refractivity contribution in [2.45, 2.75) is 5.60 Å². The van der Waals surface area contributed by atoms with Crippen LogP contribution in [0, 0.1) is 11.6 Å². The van der Waals surface area contributed by atoms with Crippen LogP contribution in [0.1, 0.15) is 11.1 Å². The third kappa shape index (κ3) is 2.08. The Kier molecular flexibility index (Phi) is 3.31. The first-order valence-corrected chi connectivity index (χ1v) is 5.50. The van der Waals surface area contributed by atoms with Crippen LogP contribution in [0.15, 0.2) is 48.5 Å². The lowest BCUT2D eigenvalue weighted by molar-refractivity contribution is -0.133. The van der Waals surface area contributed by atoms with Crippen LogP contribution in [-0.4, -0.2) is 11.0 Å². The Morgan fingerprint density at radius 2 is 1.68 bits per heavy atom. The number of hydrogen-bond acceptors (Lipinski definition) is 2. The molecular weight excluding hydrogens is 252 g/mol. The van der Waals surface area contributed by atoms with Gasteiger partial charge in [0, 0.05) is 5.56 Å². The predicted octanol–water partition coefficient (Wildman–Crippen LogP) is 1.69. The Labute approximate surface area is 108 Å². The largest absolute Gasteiger partial charge is 0.372 e. The smallest absolute Gasteiger partial charge is 0.258 e. The van der Waals surface area contributed by atoms with Crippen molar-refractivity contribution in [1.82, 2.24) is 0 Å². The highest BCUT2D eigenvalue weighted by molar-refractivity contribution is 5.88. The highest BCUT2D eigenvalue weighted by Gasteiger charge is 2.41. The lowest BCUT2D eigenvalue weighted by Gasteiger charge is -2.26. The number of hydrogen-bond donors (Lipinski definition) is 2. The molecule has 0 bridgehead atoms. The summed E-state index contributed by atoms with van der Waals surface area (Å²) < 4.78 is 27.1. The van der Waals surface area contributed by atoms with Gasteiger partial charge >= 0.3 is 0 Å². The van der Waals surface area contributed by atoms with Crippen LogP contribution in [0.25, 0.3) is 0 Å². The van der Waals surface area contributed by atoms with Gasteiger partial charge in [0.25, 0.3) is 5.91 Å². The van der Waals surface area contributed by atoms with Gasteiger partial charge in [0.1, 0.15) is 0 Å². The van der Waals surface area contributed by atoms with Crippen molar-refractivity contribution in [3.05, 3.63) is 71.3 Å². The van der Waals surface area contributed by atoms with Crippen molar-refractivity contribution < 1.29 is 18.7 Å². The average Bonchev–Trinajstić information content (AvgIpc) is 2.42. The quantitative estimate of drug-likeness (QED) is 0.885. The molecule has 2 aromatic rings. The summed E-state index contributed by atoms with van der Waals surface area (Å²) in [7, 11) is 0. The van der Waals surface area contributed by atoms with Gasteiger partial charge in [-0.3, -0.25) is 4.79 Å². The molecule has 3 nitrogen and oxygen atoms in total. The number of benzene rings is 2. The lowest BCUT2D eigenvalue weighted by atomic mass is 9.85. The first-order valence-electron chi connectivity index (χ1n) is 5.50. The molecule has 19 heavy (non-hydrogen) atoms. The average molecular weight is 263 g/mol. The van der Waals surface area contributed by atoms with Crippen LogP contribution in [0.3, 0.4) is 0 Å². The summed E-state index contributed by atoms with van der Waals surface area (Å²) in [6.45, 7) is 0. The Hall–Kier alpha value is -2.27. The normalized spacial score (nSPS) is 13.8. The molecule has 0 aliphatic carbocycles. The van der Waals surface area contributed by atoms with E-state index in [4.69, 9.17) is 5.73 Å². The second-order valence-electron chi connectivity index (χ2n) is 4.04. The number of halogens is 2. The Morgan fingerprint density at radius 3 is 2.26 bits per heavy atom. The SMILES string of the molecule is NC(=O)C(O)(c1ccccc1)c1cccc(F)c1F. The number of amides is 1. The minimum absolute atomic E-state index is 0.0759. The van der Waals surface area contributed by atoms with Gasteiger partial charge in [0.15, 0.2) is 17.2 Å². The zero-order valence-electron chi connectivity index (χ0n) is 9.81. The standard InChI is InChI=1S/C14H11F2NO2/c15-11-8-4-7-10(12(11)16)14(19,13(17)18)9-5-2-1-3-6-9/h1-8,19H,(H2,17,18). The molecule has 3 N–H and O–H groups in total. The number of primary amides is 1. The first-order chi connectivity index (χ1) is 8.98. The highest BCUT2D eigenvalue weighted by Crippen LogP contribution is 2.31. The third-order valence-corrected chi connectivity index (χ3v) is 2.89. The Morgan fingerprint density at radius 1 is 1.05 bits per heavy atom. The molecule has 0 saturated carbocycles. The van der Waals surface area contributed by atoms with Crippen molar-refractivity contribution in [2.24, 2.45) is 5.73 Å². The molecule has 2 rings (SSSR count). The van der Waals surface area contributed by atoms with Gasteiger partial charge < -0.3 is 10.8 Å². The summed E-state index contributed by atoms with van der Waals surface area (Å²) in [6.07, 6.45) is 0. The van der Waals surface area contributed by atoms with Crippen LogP contribution in [0.2, 0.25) is 0 Å². The third-order valence-electron chi connectivity index (χ3n) is 2.89. The van der Waals surface area contributed by atoms with E-state index < -0.39 is 28.7 Å². The van der Waals surface area contributed by atoms with Crippen LogP contribution in [0.5, 0.6) is 0 Å². The monoisotopic (exact) mass is 263 g/mol. The molecule has 0 heterocycles. The molecule has 1 amide bonds. The zero-order valence-corrected chi connectivity index (χ0v) is 9.81. The van der Waals surface area contributed by atoms with E-state index in [9.17, 15) is 18.7 Å². The Bertz CT molecular complexity index is 616. The molecule has 1 atom stereocenters. The van der Waals surface area contributed by atoms with E-state index in [0.717, 1.165) is 12.1 Å². The minimum atomic E-state index is -2.41. The van der Waals surface area contributed by atoms with Gasteiger partial charge in [-0.05, 0) is 11.6 Å². The van der Waals surface area contributed by atoms with E-state index in [-0.39, 0.29) is 5.56 Å². The number of aliphatic hydroxyl groups is 1. The molecule has 0 spiro atoms. The zero-order chi connectivity index (χ0) is 14.0. The van der Waals surface area contributed by atoms with Gasteiger partial charge in [-0.25, -0.2) is 8.78 Å². The van der Waals surface area contributed by atoms with E-state index >= 15 is 0 Å².